The second-order valence-corrected chi connectivity index (χ2v) is 10.2. The van der Waals surface area contributed by atoms with Gasteiger partial charge in [-0.15, -0.1) is 0 Å². The van der Waals surface area contributed by atoms with Crippen molar-refractivity contribution in [3.05, 3.63) is 66.9 Å². The van der Waals surface area contributed by atoms with Crippen LogP contribution in [0.15, 0.2) is 61.1 Å². The van der Waals surface area contributed by atoms with Crippen LogP contribution in [-0.2, 0) is 4.79 Å². The van der Waals surface area contributed by atoms with Crippen molar-refractivity contribution in [2.24, 2.45) is 0 Å². The maximum atomic E-state index is 14.6. The van der Waals surface area contributed by atoms with E-state index >= 15 is 0 Å². The van der Waals surface area contributed by atoms with Crippen molar-refractivity contribution in [1.29, 1.82) is 0 Å². The van der Waals surface area contributed by atoms with Gasteiger partial charge < -0.3 is 10.2 Å². The van der Waals surface area contributed by atoms with Crippen molar-refractivity contribution in [2.45, 2.75) is 51.1 Å². The number of rotatable bonds is 4. The van der Waals surface area contributed by atoms with E-state index in [1.807, 2.05) is 37.3 Å². The minimum atomic E-state index is -0.414. The van der Waals surface area contributed by atoms with E-state index in [1.54, 1.807) is 29.6 Å². The summed E-state index contributed by atoms with van der Waals surface area (Å²) in [5.74, 6) is 0.584. The molecular formula is C29H27FN8O. The van der Waals surface area contributed by atoms with E-state index in [0.29, 0.717) is 34.0 Å². The number of H-pyrrole nitrogens is 1. The minimum absolute atomic E-state index is 0.0276. The van der Waals surface area contributed by atoms with Crippen LogP contribution in [0.3, 0.4) is 0 Å². The van der Waals surface area contributed by atoms with Crippen LogP contribution in [0.4, 0.5) is 33.2 Å². The van der Waals surface area contributed by atoms with Crippen LogP contribution in [0.5, 0.6) is 0 Å². The zero-order valence-electron chi connectivity index (χ0n) is 21.4. The molecule has 7 rings (SSSR count). The van der Waals surface area contributed by atoms with Crippen molar-refractivity contribution in [3.63, 3.8) is 0 Å². The highest BCUT2D eigenvalue weighted by Gasteiger charge is 2.41. The second-order valence-electron chi connectivity index (χ2n) is 10.2. The molecule has 1 aliphatic carbocycles. The smallest absolute Gasteiger partial charge is 0.254 e. The molecule has 4 heterocycles. The summed E-state index contributed by atoms with van der Waals surface area (Å²) in [6, 6.07) is 12.7. The SMILES string of the molecule is C[C@@H]1C(=O)N(c2ccc3cccnc3c2)c2cnc(Nc3cc(F)c4[nH]ncc4c3)nc2N1C1CCCCC1. The number of benzene rings is 2. The molecule has 9 nitrogen and oxygen atoms in total. The van der Waals surface area contributed by atoms with Gasteiger partial charge in [0.1, 0.15) is 17.2 Å². The first kappa shape index (κ1) is 23.5. The van der Waals surface area contributed by atoms with Crippen LogP contribution in [0, 0.1) is 5.82 Å². The Hall–Kier alpha value is -4.60. The third kappa shape index (κ3) is 4.03. The molecule has 1 fully saturated rings. The summed E-state index contributed by atoms with van der Waals surface area (Å²) in [6.45, 7) is 1.95. The molecule has 2 aromatic carbocycles. The zero-order valence-corrected chi connectivity index (χ0v) is 21.4. The molecule has 0 bridgehead atoms. The van der Waals surface area contributed by atoms with Crippen LogP contribution in [-0.4, -0.2) is 43.1 Å². The molecule has 0 spiro atoms. The molecule has 39 heavy (non-hydrogen) atoms. The van der Waals surface area contributed by atoms with E-state index in [9.17, 15) is 9.18 Å². The van der Waals surface area contributed by atoms with E-state index in [-0.39, 0.29) is 11.9 Å². The van der Waals surface area contributed by atoms with E-state index < -0.39 is 11.9 Å². The first-order valence-corrected chi connectivity index (χ1v) is 13.3. The van der Waals surface area contributed by atoms with Crippen molar-refractivity contribution in [2.75, 3.05) is 15.1 Å². The van der Waals surface area contributed by atoms with Gasteiger partial charge in [0.15, 0.2) is 11.6 Å². The Bertz CT molecular complexity index is 1710. The molecule has 3 aromatic heterocycles. The maximum absolute atomic E-state index is 14.6. The predicted molar refractivity (Wildman–Crippen MR) is 149 cm³/mol. The maximum Gasteiger partial charge on any atom is 0.254 e. The number of nitrogens with zero attached hydrogens (tertiary/aromatic N) is 6. The molecule has 0 unspecified atom stereocenters. The quantitative estimate of drug-likeness (QED) is 0.299. The number of fused-ring (bicyclic) bond motifs is 3. The van der Waals surface area contributed by atoms with Crippen molar-refractivity contribution >= 4 is 56.5 Å². The number of halogens is 1. The first-order valence-electron chi connectivity index (χ1n) is 13.3. The fraction of sp³-hybridized carbons (Fsp3) is 0.276. The Morgan fingerprint density at radius 3 is 2.77 bits per heavy atom. The van der Waals surface area contributed by atoms with E-state index in [4.69, 9.17) is 4.98 Å². The highest BCUT2D eigenvalue weighted by atomic mass is 19.1. The highest BCUT2D eigenvalue weighted by Crippen LogP contribution is 2.43. The van der Waals surface area contributed by atoms with Gasteiger partial charge in [-0.2, -0.15) is 10.1 Å². The van der Waals surface area contributed by atoms with Crippen molar-refractivity contribution in [1.82, 2.24) is 25.1 Å². The van der Waals surface area contributed by atoms with Crippen LogP contribution < -0.4 is 15.1 Å². The Balaban J connectivity index is 1.33. The molecule has 1 saturated carbocycles. The van der Waals surface area contributed by atoms with Gasteiger partial charge in [-0.1, -0.05) is 31.4 Å². The van der Waals surface area contributed by atoms with Gasteiger partial charge in [0, 0.05) is 28.7 Å². The molecule has 0 saturated heterocycles. The fourth-order valence-corrected chi connectivity index (χ4v) is 5.91. The van der Waals surface area contributed by atoms with Crippen molar-refractivity contribution < 1.29 is 9.18 Å². The number of aromatic amines is 1. The number of anilines is 5. The topological polar surface area (TPSA) is 103 Å². The molecule has 0 radical (unpaired) electrons. The van der Waals surface area contributed by atoms with Crippen LogP contribution in [0.2, 0.25) is 0 Å². The van der Waals surface area contributed by atoms with Gasteiger partial charge in [0.25, 0.3) is 5.91 Å². The normalized spacial score (nSPS) is 18.1. The van der Waals surface area contributed by atoms with Gasteiger partial charge in [0.05, 0.1) is 23.6 Å². The average molecular weight is 523 g/mol. The summed E-state index contributed by atoms with van der Waals surface area (Å²) in [7, 11) is 0. The number of carbonyl (C=O) groups is 1. The van der Waals surface area contributed by atoms with E-state index in [1.165, 1.54) is 12.5 Å². The molecule has 1 atom stereocenters. The average Bonchev–Trinajstić information content (AvgIpc) is 3.44. The molecule has 2 N–H and O–H groups in total. The third-order valence-corrected chi connectivity index (χ3v) is 7.80. The summed E-state index contributed by atoms with van der Waals surface area (Å²) in [5, 5.41) is 11.4. The lowest BCUT2D eigenvalue weighted by atomic mass is 9.92. The summed E-state index contributed by atoms with van der Waals surface area (Å²) >= 11 is 0. The fourth-order valence-electron chi connectivity index (χ4n) is 5.91. The monoisotopic (exact) mass is 522 g/mol. The van der Waals surface area contributed by atoms with Gasteiger partial charge in [-0.3, -0.25) is 19.8 Å². The standard InChI is InChI=1S/C29H27FN8O/c1-17-28(39)38(22-10-9-18-6-5-11-31-24(18)14-22)25-16-32-29(35-27(25)37(17)21-7-3-2-4-8-21)34-20-12-19-15-33-36-26(19)23(30)13-20/h5-6,9-17,21H,2-4,7-8H2,1H3,(H,33,36)(H,32,34,35)/t17-/m1/s1. The predicted octanol–water partition coefficient (Wildman–Crippen LogP) is 5.99. The number of hydrogen-bond acceptors (Lipinski definition) is 7. The molecule has 196 valence electrons. The Morgan fingerprint density at radius 2 is 1.90 bits per heavy atom. The number of carbonyl (C=O) groups excluding carboxylic acids is 1. The Kier molecular flexibility index (Phi) is 5.61. The molecule has 1 aliphatic heterocycles. The van der Waals surface area contributed by atoms with Crippen LogP contribution in [0.25, 0.3) is 21.8 Å². The number of hydrogen-bond donors (Lipinski definition) is 2. The lowest BCUT2D eigenvalue weighted by Crippen LogP contribution is -2.55. The highest BCUT2D eigenvalue weighted by molar-refractivity contribution is 6.10. The van der Waals surface area contributed by atoms with E-state index in [0.717, 1.165) is 42.3 Å². The zero-order chi connectivity index (χ0) is 26.5. The van der Waals surface area contributed by atoms with Gasteiger partial charge in [-0.25, -0.2) is 9.37 Å². The summed E-state index contributed by atoms with van der Waals surface area (Å²) in [4.78, 5) is 31.8. The van der Waals surface area contributed by atoms with Crippen LogP contribution in [0.1, 0.15) is 39.0 Å². The number of nitrogens with one attached hydrogen (secondary N) is 2. The molecular weight excluding hydrogens is 495 g/mol. The lowest BCUT2D eigenvalue weighted by Gasteiger charge is -2.45. The van der Waals surface area contributed by atoms with Gasteiger partial charge in [0.2, 0.25) is 5.95 Å². The number of amides is 1. The molecule has 10 heteroatoms. The largest absolute Gasteiger partial charge is 0.340 e. The third-order valence-electron chi connectivity index (χ3n) is 7.80. The summed E-state index contributed by atoms with van der Waals surface area (Å²) < 4.78 is 14.6. The second kappa shape index (κ2) is 9.30. The molecule has 2 aliphatic rings. The van der Waals surface area contributed by atoms with Gasteiger partial charge in [-0.05, 0) is 50.1 Å². The minimum Gasteiger partial charge on any atom is -0.340 e. The molecule has 5 aromatic rings. The summed E-state index contributed by atoms with van der Waals surface area (Å²) in [5.41, 5.74) is 3.02. The Labute approximate surface area is 224 Å². The number of pyridine rings is 1. The number of aromatic nitrogens is 5. The lowest BCUT2D eigenvalue weighted by molar-refractivity contribution is -0.119. The van der Waals surface area contributed by atoms with Crippen LogP contribution >= 0.6 is 0 Å². The van der Waals surface area contributed by atoms with E-state index in [2.05, 4.69) is 30.4 Å². The first-order chi connectivity index (χ1) is 19.1. The molecule has 1 amide bonds. The Morgan fingerprint density at radius 1 is 1.03 bits per heavy atom. The van der Waals surface area contributed by atoms with Crippen molar-refractivity contribution in [3.8, 4) is 0 Å². The summed E-state index contributed by atoms with van der Waals surface area (Å²) in [6.07, 6.45) is 10.5. The van der Waals surface area contributed by atoms with Gasteiger partial charge >= 0.3 is 0 Å².